The van der Waals surface area contributed by atoms with Crippen LogP contribution in [0.25, 0.3) is 0 Å². The van der Waals surface area contributed by atoms with Gasteiger partial charge in [0.15, 0.2) is 0 Å². The molecule has 1 N–H and O–H groups in total. The van der Waals surface area contributed by atoms with Crippen molar-refractivity contribution in [1.29, 1.82) is 0 Å². The van der Waals surface area contributed by atoms with Gasteiger partial charge in [-0.05, 0) is 18.4 Å². The molecule has 0 heterocycles. The lowest BCUT2D eigenvalue weighted by atomic mass is 10.1. The third-order valence-corrected chi connectivity index (χ3v) is 2.07. The minimum Gasteiger partial charge on any atom is -0.349 e. The molecule has 1 amide bonds. The maximum Gasteiger partial charge on any atom is 0.220 e. The smallest absolute Gasteiger partial charge is 0.220 e. The second-order valence-electron chi connectivity index (χ2n) is 3.26. The van der Waals surface area contributed by atoms with E-state index in [1.165, 1.54) is 5.56 Å². The molecule has 1 aromatic carbocycles. The zero-order valence-corrected chi connectivity index (χ0v) is 8.53. The van der Waals surface area contributed by atoms with Crippen molar-refractivity contribution in [3.8, 4) is 0 Å². The van der Waals surface area contributed by atoms with E-state index in [0.29, 0.717) is 6.42 Å². The highest BCUT2D eigenvalue weighted by molar-refractivity contribution is 5.78. The summed E-state index contributed by atoms with van der Waals surface area (Å²) in [6.45, 7) is -0.00975. The first-order valence-corrected chi connectivity index (χ1v) is 4.98. The van der Waals surface area contributed by atoms with E-state index in [1.54, 1.807) is 6.29 Å². The number of amides is 1. The summed E-state index contributed by atoms with van der Waals surface area (Å²) in [7, 11) is 0. The molecule has 1 aromatic rings. The fraction of sp³-hybridized carbons (Fsp3) is 0.333. The van der Waals surface area contributed by atoms with Crippen LogP contribution < -0.4 is 5.32 Å². The van der Waals surface area contributed by atoms with Crippen LogP contribution in [0.5, 0.6) is 0 Å². The second kappa shape index (κ2) is 6.76. The van der Waals surface area contributed by atoms with Gasteiger partial charge in [0.05, 0.1) is 6.54 Å². The molecule has 0 unspecified atom stereocenters. The number of hydrogen-bond donors (Lipinski definition) is 1. The molecule has 79 valence electrons. The SMILES string of the molecule is O=[C]CNC(=O)CCCc1ccccc1. The predicted molar refractivity (Wildman–Crippen MR) is 58.1 cm³/mol. The minimum absolute atomic E-state index is 0.00975. The molecule has 0 saturated carbocycles. The molecule has 1 rings (SSSR count). The van der Waals surface area contributed by atoms with Crippen molar-refractivity contribution in [3.63, 3.8) is 0 Å². The van der Waals surface area contributed by atoms with Gasteiger partial charge in [-0.15, -0.1) is 0 Å². The maximum absolute atomic E-state index is 11.1. The fourth-order valence-corrected chi connectivity index (χ4v) is 1.32. The van der Waals surface area contributed by atoms with Crippen LogP contribution in [0.2, 0.25) is 0 Å². The van der Waals surface area contributed by atoms with Crippen LogP contribution in [0.1, 0.15) is 18.4 Å². The Hall–Kier alpha value is -1.64. The van der Waals surface area contributed by atoms with E-state index in [1.807, 2.05) is 30.3 Å². The summed E-state index contributed by atoms with van der Waals surface area (Å²) in [5.74, 6) is -0.0886. The second-order valence-corrected chi connectivity index (χ2v) is 3.26. The first-order chi connectivity index (χ1) is 7.33. The van der Waals surface area contributed by atoms with Crippen LogP contribution >= 0.6 is 0 Å². The van der Waals surface area contributed by atoms with Crippen LogP contribution in [0, 0.1) is 0 Å². The third kappa shape index (κ3) is 4.96. The van der Waals surface area contributed by atoms with Crippen LogP contribution in [-0.4, -0.2) is 18.7 Å². The Bertz CT molecular complexity index is 309. The highest BCUT2D eigenvalue weighted by Crippen LogP contribution is 2.03. The predicted octanol–water partition coefficient (Wildman–Crippen LogP) is 1.24. The number of rotatable bonds is 6. The fourth-order valence-electron chi connectivity index (χ4n) is 1.32. The number of nitrogens with one attached hydrogen (secondary N) is 1. The van der Waals surface area contributed by atoms with Gasteiger partial charge in [-0.2, -0.15) is 0 Å². The highest BCUT2D eigenvalue weighted by atomic mass is 16.2. The average Bonchev–Trinajstić information content (AvgIpc) is 2.28. The summed E-state index contributed by atoms with van der Waals surface area (Å²) >= 11 is 0. The summed E-state index contributed by atoms with van der Waals surface area (Å²) in [6.07, 6.45) is 3.77. The van der Waals surface area contributed by atoms with Gasteiger partial charge in [0.25, 0.3) is 0 Å². The van der Waals surface area contributed by atoms with E-state index in [0.717, 1.165) is 12.8 Å². The molecular weight excluding hydrogens is 190 g/mol. The first-order valence-electron chi connectivity index (χ1n) is 4.98. The van der Waals surface area contributed by atoms with Crippen LogP contribution in [0.3, 0.4) is 0 Å². The number of hydrogen-bond acceptors (Lipinski definition) is 2. The molecule has 0 aliphatic carbocycles. The highest BCUT2D eigenvalue weighted by Gasteiger charge is 2.00. The van der Waals surface area contributed by atoms with E-state index in [2.05, 4.69) is 5.32 Å². The van der Waals surface area contributed by atoms with E-state index >= 15 is 0 Å². The zero-order chi connectivity index (χ0) is 10.9. The van der Waals surface area contributed by atoms with Gasteiger partial charge in [-0.1, -0.05) is 30.3 Å². The Labute approximate surface area is 89.5 Å². The lowest BCUT2D eigenvalue weighted by Crippen LogP contribution is -2.24. The Balaban J connectivity index is 2.16. The molecule has 0 atom stereocenters. The number of carbonyl (C=O) groups excluding carboxylic acids is 2. The van der Waals surface area contributed by atoms with Gasteiger partial charge in [0.2, 0.25) is 12.2 Å². The average molecular weight is 204 g/mol. The van der Waals surface area contributed by atoms with Crippen molar-refractivity contribution < 1.29 is 9.59 Å². The van der Waals surface area contributed by atoms with Gasteiger partial charge in [-0.3, -0.25) is 9.59 Å². The largest absolute Gasteiger partial charge is 0.349 e. The topological polar surface area (TPSA) is 46.2 Å². The molecule has 0 bridgehead atoms. The Morgan fingerprint density at radius 3 is 2.67 bits per heavy atom. The molecular formula is C12H14NO2. The van der Waals surface area contributed by atoms with E-state index in [4.69, 9.17) is 0 Å². The number of aryl methyl sites for hydroxylation is 1. The van der Waals surface area contributed by atoms with Gasteiger partial charge < -0.3 is 5.32 Å². The summed E-state index contributed by atoms with van der Waals surface area (Å²) < 4.78 is 0. The third-order valence-electron chi connectivity index (χ3n) is 2.07. The Morgan fingerprint density at radius 2 is 2.00 bits per heavy atom. The normalized spacial score (nSPS) is 9.60. The summed E-state index contributed by atoms with van der Waals surface area (Å²) in [5, 5.41) is 2.46. The van der Waals surface area contributed by atoms with Gasteiger partial charge >= 0.3 is 0 Å². The summed E-state index contributed by atoms with van der Waals surface area (Å²) in [6, 6.07) is 10.0. The van der Waals surface area contributed by atoms with Gasteiger partial charge in [0.1, 0.15) is 0 Å². The summed E-state index contributed by atoms with van der Waals surface area (Å²) in [4.78, 5) is 21.0. The Morgan fingerprint density at radius 1 is 1.27 bits per heavy atom. The molecule has 0 fully saturated rings. The quantitative estimate of drug-likeness (QED) is 0.757. The van der Waals surface area contributed by atoms with E-state index in [-0.39, 0.29) is 12.5 Å². The monoisotopic (exact) mass is 204 g/mol. The maximum atomic E-state index is 11.1. The Kier molecular flexibility index (Phi) is 5.15. The number of carbonyl (C=O) groups is 1. The molecule has 1 radical (unpaired) electrons. The molecule has 3 nitrogen and oxygen atoms in total. The van der Waals surface area contributed by atoms with Crippen molar-refractivity contribution >= 4 is 12.2 Å². The van der Waals surface area contributed by atoms with Crippen molar-refractivity contribution in [1.82, 2.24) is 5.32 Å². The van der Waals surface area contributed by atoms with Crippen molar-refractivity contribution in [2.24, 2.45) is 0 Å². The van der Waals surface area contributed by atoms with Crippen molar-refractivity contribution in [3.05, 3.63) is 35.9 Å². The van der Waals surface area contributed by atoms with Crippen LogP contribution in [0.4, 0.5) is 0 Å². The first kappa shape index (κ1) is 11.4. The molecule has 0 aliphatic rings. The standard InChI is InChI=1S/C12H14NO2/c14-10-9-13-12(15)8-4-7-11-5-2-1-3-6-11/h1-3,5-6H,4,7-9H2,(H,13,15). The summed E-state index contributed by atoms with van der Waals surface area (Å²) in [5.41, 5.74) is 1.23. The van der Waals surface area contributed by atoms with Gasteiger partial charge in [-0.25, -0.2) is 0 Å². The van der Waals surface area contributed by atoms with Crippen molar-refractivity contribution in [2.45, 2.75) is 19.3 Å². The molecule has 0 spiro atoms. The number of benzene rings is 1. The molecule has 0 aliphatic heterocycles. The molecule has 0 aromatic heterocycles. The molecule has 15 heavy (non-hydrogen) atoms. The van der Waals surface area contributed by atoms with Crippen LogP contribution in [0.15, 0.2) is 30.3 Å². The van der Waals surface area contributed by atoms with E-state index < -0.39 is 0 Å². The van der Waals surface area contributed by atoms with Crippen molar-refractivity contribution in [2.75, 3.05) is 6.54 Å². The molecule has 0 saturated heterocycles. The van der Waals surface area contributed by atoms with E-state index in [9.17, 15) is 9.59 Å². The van der Waals surface area contributed by atoms with Crippen LogP contribution in [-0.2, 0) is 16.0 Å². The lowest BCUT2D eigenvalue weighted by Gasteiger charge is -2.01. The minimum atomic E-state index is -0.0886. The zero-order valence-electron chi connectivity index (χ0n) is 8.53. The molecule has 3 heteroatoms. The van der Waals surface area contributed by atoms with Gasteiger partial charge in [0, 0.05) is 6.42 Å². The lowest BCUT2D eigenvalue weighted by molar-refractivity contribution is -0.120.